The smallest absolute Gasteiger partial charge is 0.167 e. The van der Waals surface area contributed by atoms with Crippen LogP contribution in [0, 0.1) is 0 Å². The first kappa shape index (κ1) is 19.4. The van der Waals surface area contributed by atoms with Crippen molar-refractivity contribution in [2.75, 3.05) is 5.32 Å². The standard InChI is InChI=1S/C22H27N5O3/c28-18-16(11-10-14-6-2-1-3-7-14)30-22(19(18)29)27-13-25-17-20(23-12-24-21(17)27)26-15-8-4-5-9-15/h1-3,6-7,12-13,15-16,18-19,22,28-29H,4-5,8-11H2,(H,23,24,26)/t16-,18+,19-,22-/m1/s1. The number of aromatic nitrogens is 4. The first-order chi connectivity index (χ1) is 14.7. The third kappa shape index (κ3) is 3.66. The quantitative estimate of drug-likeness (QED) is 0.574. The van der Waals surface area contributed by atoms with Crippen molar-refractivity contribution < 1.29 is 14.9 Å². The Hall–Kier alpha value is -2.55. The van der Waals surface area contributed by atoms with Gasteiger partial charge in [-0.15, -0.1) is 0 Å². The maximum atomic E-state index is 10.7. The predicted octanol–water partition coefficient (Wildman–Crippen LogP) is 2.43. The zero-order valence-electron chi connectivity index (χ0n) is 16.8. The lowest BCUT2D eigenvalue weighted by molar-refractivity contribution is -0.0367. The van der Waals surface area contributed by atoms with E-state index in [1.807, 2.05) is 18.2 Å². The van der Waals surface area contributed by atoms with Gasteiger partial charge >= 0.3 is 0 Å². The summed E-state index contributed by atoms with van der Waals surface area (Å²) in [5.74, 6) is 0.708. The van der Waals surface area contributed by atoms with Crippen LogP contribution in [0.2, 0.25) is 0 Å². The summed E-state index contributed by atoms with van der Waals surface area (Å²) in [5.41, 5.74) is 2.42. The van der Waals surface area contributed by atoms with Gasteiger partial charge in [-0.2, -0.15) is 0 Å². The fraction of sp³-hybridized carbons (Fsp3) is 0.500. The number of aryl methyl sites for hydroxylation is 1. The molecule has 1 saturated carbocycles. The van der Waals surface area contributed by atoms with Gasteiger partial charge in [0.25, 0.3) is 0 Å². The van der Waals surface area contributed by atoms with E-state index < -0.39 is 24.5 Å². The van der Waals surface area contributed by atoms with Gasteiger partial charge in [-0.1, -0.05) is 43.2 Å². The number of aliphatic hydroxyl groups excluding tert-OH is 2. The third-order valence-electron chi connectivity index (χ3n) is 6.23. The number of anilines is 1. The maximum Gasteiger partial charge on any atom is 0.167 e. The molecule has 5 rings (SSSR count). The SMILES string of the molecule is O[C@@H]1[C@@H](O)[C@@H](CCc2ccccc2)O[C@H]1n1cnc2c(NC3CCCC3)ncnc21. The molecule has 3 N–H and O–H groups in total. The highest BCUT2D eigenvalue weighted by molar-refractivity contribution is 5.82. The van der Waals surface area contributed by atoms with Crippen LogP contribution in [0.4, 0.5) is 5.82 Å². The van der Waals surface area contributed by atoms with E-state index in [-0.39, 0.29) is 0 Å². The third-order valence-corrected chi connectivity index (χ3v) is 6.23. The second-order valence-corrected chi connectivity index (χ2v) is 8.24. The van der Waals surface area contributed by atoms with Crippen molar-refractivity contribution in [3.8, 4) is 0 Å². The molecule has 1 saturated heterocycles. The number of aliphatic hydroxyl groups is 2. The molecule has 0 amide bonds. The van der Waals surface area contributed by atoms with Gasteiger partial charge in [-0.3, -0.25) is 4.57 Å². The Morgan fingerprint density at radius 2 is 1.83 bits per heavy atom. The zero-order valence-corrected chi connectivity index (χ0v) is 16.8. The molecule has 0 bridgehead atoms. The van der Waals surface area contributed by atoms with Crippen LogP contribution in [0.3, 0.4) is 0 Å². The van der Waals surface area contributed by atoms with E-state index in [1.54, 1.807) is 10.9 Å². The molecule has 0 radical (unpaired) electrons. The van der Waals surface area contributed by atoms with Gasteiger partial charge in [0.2, 0.25) is 0 Å². The highest BCUT2D eigenvalue weighted by Crippen LogP contribution is 2.34. The molecule has 0 spiro atoms. The molecule has 2 fully saturated rings. The van der Waals surface area contributed by atoms with E-state index in [0.29, 0.717) is 29.4 Å². The number of imidazole rings is 1. The second-order valence-electron chi connectivity index (χ2n) is 8.24. The van der Waals surface area contributed by atoms with Crippen LogP contribution in [0.15, 0.2) is 43.0 Å². The van der Waals surface area contributed by atoms with E-state index >= 15 is 0 Å². The number of nitrogens with zero attached hydrogens (tertiary/aromatic N) is 4. The summed E-state index contributed by atoms with van der Waals surface area (Å²) in [6, 6.07) is 10.5. The molecule has 30 heavy (non-hydrogen) atoms. The summed E-state index contributed by atoms with van der Waals surface area (Å²) in [6.07, 6.45) is 6.01. The molecule has 8 heteroatoms. The highest BCUT2D eigenvalue weighted by atomic mass is 16.6. The monoisotopic (exact) mass is 409 g/mol. The van der Waals surface area contributed by atoms with Crippen molar-refractivity contribution in [3.63, 3.8) is 0 Å². The summed E-state index contributed by atoms with van der Waals surface area (Å²) < 4.78 is 7.78. The van der Waals surface area contributed by atoms with E-state index in [1.165, 1.54) is 24.7 Å². The molecule has 158 valence electrons. The predicted molar refractivity (Wildman–Crippen MR) is 112 cm³/mol. The first-order valence-electron chi connectivity index (χ1n) is 10.7. The fourth-order valence-electron chi connectivity index (χ4n) is 4.56. The van der Waals surface area contributed by atoms with Gasteiger partial charge in [0, 0.05) is 6.04 Å². The van der Waals surface area contributed by atoms with E-state index in [0.717, 1.165) is 19.3 Å². The van der Waals surface area contributed by atoms with Crippen LogP contribution in [0.1, 0.15) is 43.9 Å². The van der Waals surface area contributed by atoms with Crippen molar-refractivity contribution >= 4 is 17.0 Å². The summed E-state index contributed by atoms with van der Waals surface area (Å²) in [4.78, 5) is 13.2. The van der Waals surface area contributed by atoms with Crippen LogP contribution < -0.4 is 5.32 Å². The lowest BCUT2D eigenvalue weighted by Crippen LogP contribution is -2.31. The van der Waals surface area contributed by atoms with E-state index in [2.05, 4.69) is 32.4 Å². The minimum Gasteiger partial charge on any atom is -0.388 e. The number of nitrogens with one attached hydrogen (secondary N) is 1. The first-order valence-corrected chi connectivity index (χ1v) is 10.7. The van der Waals surface area contributed by atoms with Gasteiger partial charge in [-0.05, 0) is 31.2 Å². The van der Waals surface area contributed by atoms with Crippen molar-refractivity contribution in [2.45, 2.75) is 69.1 Å². The number of hydrogen-bond acceptors (Lipinski definition) is 7. The molecule has 1 aliphatic heterocycles. The van der Waals surface area contributed by atoms with Crippen LogP contribution in [-0.4, -0.2) is 54.1 Å². The topological polar surface area (TPSA) is 105 Å². The second kappa shape index (κ2) is 8.29. The average molecular weight is 409 g/mol. The Morgan fingerprint density at radius 1 is 1.03 bits per heavy atom. The van der Waals surface area contributed by atoms with Gasteiger partial charge in [0.05, 0.1) is 12.4 Å². The molecule has 0 unspecified atom stereocenters. The number of fused-ring (bicyclic) bond motifs is 1. The van der Waals surface area contributed by atoms with Crippen LogP contribution in [0.25, 0.3) is 11.2 Å². The Bertz CT molecular complexity index is 989. The number of benzene rings is 1. The number of hydrogen-bond donors (Lipinski definition) is 3. The normalized spacial score (nSPS) is 27.1. The average Bonchev–Trinajstić information content (AvgIpc) is 3.49. The molecule has 1 aromatic carbocycles. The Kier molecular flexibility index (Phi) is 5.37. The molecule has 2 aliphatic rings. The largest absolute Gasteiger partial charge is 0.388 e. The lowest BCUT2D eigenvalue weighted by Gasteiger charge is -2.17. The van der Waals surface area contributed by atoms with Crippen LogP contribution in [0.5, 0.6) is 0 Å². The van der Waals surface area contributed by atoms with Crippen molar-refractivity contribution in [1.29, 1.82) is 0 Å². The fourth-order valence-corrected chi connectivity index (χ4v) is 4.56. The zero-order chi connectivity index (χ0) is 20.5. The lowest BCUT2D eigenvalue weighted by atomic mass is 10.0. The Labute approximate surface area is 175 Å². The number of rotatable bonds is 6. The minimum atomic E-state index is -1.05. The Balaban J connectivity index is 1.34. The van der Waals surface area contributed by atoms with Gasteiger partial charge in [0.15, 0.2) is 23.2 Å². The molecule has 4 atom stereocenters. The summed E-state index contributed by atoms with van der Waals surface area (Å²) in [7, 11) is 0. The van der Waals surface area contributed by atoms with E-state index in [4.69, 9.17) is 4.74 Å². The minimum absolute atomic E-state index is 0.408. The van der Waals surface area contributed by atoms with Crippen molar-refractivity contribution in [2.24, 2.45) is 0 Å². The maximum absolute atomic E-state index is 10.7. The van der Waals surface area contributed by atoms with Crippen molar-refractivity contribution in [1.82, 2.24) is 19.5 Å². The van der Waals surface area contributed by atoms with Gasteiger partial charge in [0.1, 0.15) is 18.5 Å². The summed E-state index contributed by atoms with van der Waals surface area (Å²) in [6.45, 7) is 0. The van der Waals surface area contributed by atoms with Gasteiger partial charge in [-0.25, -0.2) is 15.0 Å². The summed E-state index contributed by atoms with van der Waals surface area (Å²) in [5, 5.41) is 24.7. The summed E-state index contributed by atoms with van der Waals surface area (Å²) >= 11 is 0. The van der Waals surface area contributed by atoms with Crippen LogP contribution >= 0.6 is 0 Å². The molecule has 1 aliphatic carbocycles. The molecule has 3 heterocycles. The molecule has 2 aromatic heterocycles. The molecule has 8 nitrogen and oxygen atoms in total. The highest BCUT2D eigenvalue weighted by Gasteiger charge is 2.44. The molecular weight excluding hydrogens is 382 g/mol. The number of ether oxygens (including phenoxy) is 1. The van der Waals surface area contributed by atoms with E-state index in [9.17, 15) is 10.2 Å². The molecular formula is C22H27N5O3. The van der Waals surface area contributed by atoms with Crippen LogP contribution in [-0.2, 0) is 11.2 Å². The molecule has 3 aromatic rings. The van der Waals surface area contributed by atoms with Gasteiger partial charge < -0.3 is 20.3 Å². The van der Waals surface area contributed by atoms with Crippen molar-refractivity contribution in [3.05, 3.63) is 48.5 Å². The Morgan fingerprint density at radius 3 is 2.63 bits per heavy atom.